The Bertz CT molecular complexity index is 1060. The third kappa shape index (κ3) is 3.57. The van der Waals surface area contributed by atoms with Crippen LogP contribution in [0.4, 0.5) is 5.13 Å². The number of fused-ring (bicyclic) bond motifs is 1. The van der Waals surface area contributed by atoms with Crippen molar-refractivity contribution in [3.63, 3.8) is 0 Å². The van der Waals surface area contributed by atoms with Gasteiger partial charge in [0.1, 0.15) is 12.4 Å². The molecule has 1 amide bonds. The van der Waals surface area contributed by atoms with E-state index in [1.165, 1.54) is 11.3 Å². The molecule has 6 nitrogen and oxygen atoms in total. The lowest BCUT2D eigenvalue weighted by molar-refractivity contribution is 0.102. The van der Waals surface area contributed by atoms with Gasteiger partial charge in [0, 0.05) is 19.3 Å². The summed E-state index contributed by atoms with van der Waals surface area (Å²) in [7, 11) is 1.77. The van der Waals surface area contributed by atoms with Crippen LogP contribution in [0.1, 0.15) is 16.1 Å². The molecule has 2 heterocycles. The topological polar surface area (TPSA) is 69.0 Å². The number of carbonyl (C=O) groups excluding carboxylic acids is 1. The molecule has 0 aliphatic rings. The fourth-order valence-electron chi connectivity index (χ4n) is 2.49. The zero-order valence-electron chi connectivity index (χ0n) is 14.0. The molecule has 26 heavy (non-hydrogen) atoms. The number of hydrogen-bond acceptors (Lipinski definition) is 5. The van der Waals surface area contributed by atoms with Crippen LogP contribution in [0, 0.1) is 0 Å². The second kappa shape index (κ2) is 6.97. The van der Waals surface area contributed by atoms with Crippen LogP contribution in [0.2, 0.25) is 0 Å². The molecule has 0 aliphatic carbocycles. The van der Waals surface area contributed by atoms with Crippen LogP contribution in [0.15, 0.2) is 60.8 Å². The molecule has 4 rings (SSSR count). The molecular formula is C19H16N4O2S. The number of benzene rings is 2. The summed E-state index contributed by atoms with van der Waals surface area (Å²) in [6, 6.07) is 17.4. The number of nitrogens with one attached hydrogen (secondary N) is 1. The number of ether oxygens (including phenoxy) is 1. The summed E-state index contributed by atoms with van der Waals surface area (Å²) in [5.74, 6) is 0.472. The Kier molecular flexibility index (Phi) is 4.37. The fourth-order valence-corrected chi connectivity index (χ4v) is 3.33. The van der Waals surface area contributed by atoms with Crippen LogP contribution in [0.25, 0.3) is 10.2 Å². The van der Waals surface area contributed by atoms with E-state index >= 15 is 0 Å². The summed E-state index contributed by atoms with van der Waals surface area (Å²) in [6.07, 6.45) is 1.73. The lowest BCUT2D eigenvalue weighted by Crippen LogP contribution is -2.12. The van der Waals surface area contributed by atoms with Crippen molar-refractivity contribution >= 4 is 32.6 Å². The second-order valence-electron chi connectivity index (χ2n) is 5.75. The molecule has 0 saturated carbocycles. The number of anilines is 1. The van der Waals surface area contributed by atoms with Crippen molar-refractivity contribution in [2.45, 2.75) is 6.61 Å². The van der Waals surface area contributed by atoms with Crippen LogP contribution in [-0.2, 0) is 13.7 Å². The highest BCUT2D eigenvalue weighted by atomic mass is 32.1. The van der Waals surface area contributed by atoms with Crippen LogP contribution < -0.4 is 10.1 Å². The fraction of sp³-hybridized carbons (Fsp3) is 0.105. The van der Waals surface area contributed by atoms with Gasteiger partial charge in [-0.15, -0.1) is 0 Å². The molecule has 0 aliphatic heterocycles. The average Bonchev–Trinajstić information content (AvgIpc) is 3.26. The first-order valence-electron chi connectivity index (χ1n) is 8.06. The third-order valence-electron chi connectivity index (χ3n) is 3.77. The van der Waals surface area contributed by atoms with Crippen LogP contribution in [-0.4, -0.2) is 20.7 Å². The molecule has 0 fully saturated rings. The van der Waals surface area contributed by atoms with E-state index in [-0.39, 0.29) is 5.91 Å². The maximum Gasteiger partial charge on any atom is 0.277 e. The number of hydrogen-bond donors (Lipinski definition) is 1. The zero-order valence-corrected chi connectivity index (χ0v) is 14.9. The maximum atomic E-state index is 12.2. The van der Waals surface area contributed by atoms with Gasteiger partial charge in [-0.05, 0) is 23.8 Å². The highest BCUT2D eigenvalue weighted by molar-refractivity contribution is 7.22. The van der Waals surface area contributed by atoms with Crippen molar-refractivity contribution in [1.82, 2.24) is 14.8 Å². The molecule has 0 bridgehead atoms. The quantitative estimate of drug-likeness (QED) is 0.584. The van der Waals surface area contributed by atoms with E-state index in [1.807, 2.05) is 48.5 Å². The normalized spacial score (nSPS) is 10.8. The number of rotatable bonds is 5. The Morgan fingerprint density at radius 1 is 1.19 bits per heavy atom. The molecule has 0 spiro atoms. The van der Waals surface area contributed by atoms with E-state index in [9.17, 15) is 4.79 Å². The first-order valence-corrected chi connectivity index (χ1v) is 8.87. The smallest absolute Gasteiger partial charge is 0.277 e. The summed E-state index contributed by atoms with van der Waals surface area (Å²) in [6.45, 7) is 0.500. The van der Waals surface area contributed by atoms with Crippen molar-refractivity contribution in [3.8, 4) is 5.75 Å². The molecule has 0 radical (unpaired) electrons. The largest absolute Gasteiger partial charge is 0.489 e. The Morgan fingerprint density at radius 2 is 2.04 bits per heavy atom. The molecule has 2 aromatic carbocycles. The molecule has 2 aromatic heterocycles. The molecule has 0 saturated heterocycles. The van der Waals surface area contributed by atoms with Gasteiger partial charge in [-0.2, -0.15) is 5.10 Å². The van der Waals surface area contributed by atoms with E-state index in [0.717, 1.165) is 21.5 Å². The highest BCUT2D eigenvalue weighted by Crippen LogP contribution is 2.29. The van der Waals surface area contributed by atoms with E-state index in [1.54, 1.807) is 24.0 Å². The highest BCUT2D eigenvalue weighted by Gasteiger charge is 2.12. The van der Waals surface area contributed by atoms with Gasteiger partial charge < -0.3 is 4.74 Å². The van der Waals surface area contributed by atoms with E-state index in [4.69, 9.17) is 4.74 Å². The molecule has 7 heteroatoms. The number of amides is 1. The van der Waals surface area contributed by atoms with Crippen molar-refractivity contribution in [2.24, 2.45) is 7.05 Å². The predicted molar refractivity (Wildman–Crippen MR) is 102 cm³/mol. The summed E-state index contributed by atoms with van der Waals surface area (Å²) < 4.78 is 8.39. The molecule has 4 aromatic rings. The van der Waals surface area contributed by atoms with Crippen LogP contribution in [0.5, 0.6) is 5.75 Å². The predicted octanol–water partition coefficient (Wildman–Crippen LogP) is 3.86. The van der Waals surface area contributed by atoms with Gasteiger partial charge in [0.15, 0.2) is 10.8 Å². The summed E-state index contributed by atoms with van der Waals surface area (Å²) in [4.78, 5) is 16.7. The van der Waals surface area contributed by atoms with E-state index in [0.29, 0.717) is 17.4 Å². The van der Waals surface area contributed by atoms with Crippen molar-refractivity contribution in [3.05, 3.63) is 72.1 Å². The van der Waals surface area contributed by atoms with E-state index in [2.05, 4.69) is 15.4 Å². The SMILES string of the molecule is Cn1ccc(C(=O)Nc2nc3cc(OCc4ccccc4)ccc3s2)n1. The van der Waals surface area contributed by atoms with Crippen molar-refractivity contribution in [2.75, 3.05) is 5.32 Å². The number of carbonyl (C=O) groups is 1. The number of nitrogens with zero attached hydrogens (tertiary/aromatic N) is 3. The molecule has 1 N–H and O–H groups in total. The second-order valence-corrected chi connectivity index (χ2v) is 6.78. The number of thiazole rings is 1. The summed E-state index contributed by atoms with van der Waals surface area (Å²) in [5.41, 5.74) is 2.25. The summed E-state index contributed by atoms with van der Waals surface area (Å²) >= 11 is 1.42. The average molecular weight is 364 g/mol. The minimum Gasteiger partial charge on any atom is -0.489 e. The van der Waals surface area contributed by atoms with Gasteiger partial charge in [0.25, 0.3) is 5.91 Å². The van der Waals surface area contributed by atoms with Crippen LogP contribution >= 0.6 is 11.3 Å². The lowest BCUT2D eigenvalue weighted by atomic mass is 10.2. The standard InChI is InChI=1S/C19H16N4O2S/c1-23-10-9-15(22-23)18(24)21-19-20-16-11-14(7-8-17(16)26-19)25-12-13-5-3-2-4-6-13/h2-11H,12H2,1H3,(H,20,21,24). The van der Waals surface area contributed by atoms with Crippen molar-refractivity contribution < 1.29 is 9.53 Å². The Hall–Kier alpha value is -3.19. The molecule has 130 valence electrons. The van der Waals surface area contributed by atoms with Gasteiger partial charge in [0.2, 0.25) is 0 Å². The van der Waals surface area contributed by atoms with Crippen LogP contribution in [0.3, 0.4) is 0 Å². The number of aromatic nitrogens is 3. The molecular weight excluding hydrogens is 348 g/mol. The molecule has 0 unspecified atom stereocenters. The lowest BCUT2D eigenvalue weighted by Gasteiger charge is -2.05. The first kappa shape index (κ1) is 16.3. The molecule has 0 atom stereocenters. The van der Waals surface area contributed by atoms with E-state index < -0.39 is 0 Å². The zero-order chi connectivity index (χ0) is 17.9. The minimum absolute atomic E-state index is 0.273. The van der Waals surface area contributed by atoms with Gasteiger partial charge in [-0.25, -0.2) is 4.98 Å². The van der Waals surface area contributed by atoms with Gasteiger partial charge in [-0.1, -0.05) is 41.7 Å². The van der Waals surface area contributed by atoms with Crippen molar-refractivity contribution in [1.29, 1.82) is 0 Å². The van der Waals surface area contributed by atoms with Gasteiger partial charge >= 0.3 is 0 Å². The number of aryl methyl sites for hydroxylation is 1. The summed E-state index contributed by atoms with van der Waals surface area (Å²) in [5, 5.41) is 7.42. The maximum absolute atomic E-state index is 12.2. The Balaban J connectivity index is 1.47. The Morgan fingerprint density at radius 3 is 2.81 bits per heavy atom. The monoisotopic (exact) mass is 364 g/mol. The first-order chi connectivity index (χ1) is 12.7. The minimum atomic E-state index is -0.273. The Labute approximate surface area is 154 Å². The van der Waals surface area contributed by atoms with Gasteiger partial charge in [0.05, 0.1) is 10.2 Å². The van der Waals surface area contributed by atoms with Gasteiger partial charge in [-0.3, -0.25) is 14.8 Å². The third-order valence-corrected chi connectivity index (χ3v) is 4.73.